The summed E-state index contributed by atoms with van der Waals surface area (Å²) >= 11 is 7.09. The predicted molar refractivity (Wildman–Crippen MR) is 102 cm³/mol. The molecule has 0 saturated heterocycles. The van der Waals surface area contributed by atoms with E-state index in [4.69, 9.17) is 21.8 Å². The number of rotatable bonds is 6. The third-order valence-corrected chi connectivity index (χ3v) is 4.37. The Labute approximate surface area is 160 Å². The van der Waals surface area contributed by atoms with Crippen molar-refractivity contribution in [2.24, 2.45) is 10.7 Å². The molecule has 0 fully saturated rings. The summed E-state index contributed by atoms with van der Waals surface area (Å²) in [4.78, 5) is 17.6. The lowest BCUT2D eigenvalue weighted by molar-refractivity contribution is -0.127. The highest BCUT2D eigenvalue weighted by Gasteiger charge is 2.14. The molecule has 2 rings (SSSR count). The molecule has 0 aliphatic heterocycles. The molecule has 0 aliphatic carbocycles. The number of nitrogens with two attached hydrogens (primary N) is 1. The number of hydrogen-bond acceptors (Lipinski definition) is 4. The van der Waals surface area contributed by atoms with Crippen molar-refractivity contribution in [2.75, 3.05) is 12.8 Å². The Kier molecular flexibility index (Phi) is 8.82. The molecular formula is C16H18Cl2FN3O2S. The Hall–Kier alpha value is -1.70. The van der Waals surface area contributed by atoms with Gasteiger partial charge >= 0.3 is 0 Å². The number of carbonyl (C=O) groups is 1. The number of amidine groups is 1. The van der Waals surface area contributed by atoms with Crippen LogP contribution in [0.5, 0.6) is 0 Å². The third-order valence-electron chi connectivity index (χ3n) is 3.20. The van der Waals surface area contributed by atoms with E-state index in [1.807, 2.05) is 0 Å². The second-order valence-corrected chi connectivity index (χ2v) is 6.38. The van der Waals surface area contributed by atoms with Crippen LogP contribution in [0.2, 0.25) is 5.02 Å². The van der Waals surface area contributed by atoms with Gasteiger partial charge in [0.15, 0.2) is 5.17 Å². The smallest absolute Gasteiger partial charge is 0.233 e. The zero-order valence-electron chi connectivity index (χ0n) is 13.4. The Bertz CT molecular complexity index is 706. The van der Waals surface area contributed by atoms with Crippen molar-refractivity contribution in [1.29, 1.82) is 0 Å². The molecule has 0 unspecified atom stereocenters. The highest BCUT2D eigenvalue weighted by atomic mass is 35.5. The molecule has 2 N–H and O–H groups in total. The Morgan fingerprint density at radius 2 is 2.16 bits per heavy atom. The van der Waals surface area contributed by atoms with E-state index in [-0.39, 0.29) is 35.8 Å². The quantitative estimate of drug-likeness (QED) is 0.587. The highest BCUT2D eigenvalue weighted by Crippen LogP contribution is 2.20. The predicted octanol–water partition coefficient (Wildman–Crippen LogP) is 3.70. The fourth-order valence-corrected chi connectivity index (χ4v) is 2.73. The van der Waals surface area contributed by atoms with Crippen LogP contribution in [0.3, 0.4) is 0 Å². The lowest BCUT2D eigenvalue weighted by atomic mass is 10.2. The second-order valence-electron chi connectivity index (χ2n) is 4.97. The van der Waals surface area contributed by atoms with Gasteiger partial charge in [-0.05, 0) is 24.3 Å². The number of hydrogen-bond donors (Lipinski definition) is 1. The van der Waals surface area contributed by atoms with Crippen LogP contribution < -0.4 is 5.73 Å². The summed E-state index contributed by atoms with van der Waals surface area (Å²) in [6.45, 7) is 0.412. The zero-order chi connectivity index (χ0) is 17.5. The molecule has 25 heavy (non-hydrogen) atoms. The standard InChI is InChI=1S/C16H17ClFN3O2S.ClH/c1-21(9-12-13(17)5-2-6-14(12)18)15(22)10-24-16(19)20-8-11-4-3-7-23-11;/h2-7H,8-10H2,1H3,(H2,19,20);1H. The molecule has 0 radical (unpaired) electrons. The van der Waals surface area contributed by atoms with Crippen LogP contribution in [0.25, 0.3) is 0 Å². The molecule has 0 saturated carbocycles. The fraction of sp³-hybridized carbons (Fsp3) is 0.250. The van der Waals surface area contributed by atoms with E-state index < -0.39 is 5.82 Å². The number of aliphatic imine (C=N–C) groups is 1. The van der Waals surface area contributed by atoms with Crippen molar-refractivity contribution in [3.8, 4) is 0 Å². The van der Waals surface area contributed by atoms with Crippen LogP contribution >= 0.6 is 35.8 Å². The van der Waals surface area contributed by atoms with E-state index in [9.17, 15) is 9.18 Å². The number of thioether (sulfide) groups is 1. The molecule has 9 heteroatoms. The van der Waals surface area contributed by atoms with E-state index in [1.165, 1.54) is 17.0 Å². The minimum absolute atomic E-state index is 0. The van der Waals surface area contributed by atoms with E-state index in [2.05, 4.69) is 4.99 Å². The SMILES string of the molecule is CN(Cc1c(F)cccc1Cl)C(=O)CSC(N)=NCc1ccco1.Cl. The summed E-state index contributed by atoms with van der Waals surface area (Å²) < 4.78 is 18.9. The van der Waals surface area contributed by atoms with Crippen molar-refractivity contribution >= 4 is 46.8 Å². The van der Waals surface area contributed by atoms with Crippen LogP contribution in [-0.4, -0.2) is 28.8 Å². The van der Waals surface area contributed by atoms with E-state index in [0.717, 1.165) is 11.8 Å². The monoisotopic (exact) mass is 405 g/mol. The van der Waals surface area contributed by atoms with Crippen LogP contribution in [-0.2, 0) is 17.9 Å². The summed E-state index contributed by atoms with van der Waals surface area (Å²) in [7, 11) is 1.59. The lowest BCUT2D eigenvalue weighted by Crippen LogP contribution is -2.29. The molecule has 1 aromatic heterocycles. The third kappa shape index (κ3) is 6.61. The minimum atomic E-state index is -0.436. The fourth-order valence-electron chi connectivity index (χ4n) is 1.86. The number of benzene rings is 1. The number of carbonyl (C=O) groups excluding carboxylic acids is 1. The van der Waals surface area contributed by atoms with Crippen LogP contribution in [0, 0.1) is 5.82 Å². The van der Waals surface area contributed by atoms with Crippen LogP contribution in [0.4, 0.5) is 4.39 Å². The van der Waals surface area contributed by atoms with Gasteiger partial charge in [-0.15, -0.1) is 12.4 Å². The molecule has 0 atom stereocenters. The van der Waals surface area contributed by atoms with Crippen molar-refractivity contribution in [3.63, 3.8) is 0 Å². The maximum atomic E-state index is 13.7. The molecule has 5 nitrogen and oxygen atoms in total. The molecular weight excluding hydrogens is 388 g/mol. The van der Waals surface area contributed by atoms with Gasteiger partial charge in [0.2, 0.25) is 5.91 Å². The first kappa shape index (κ1) is 21.3. The van der Waals surface area contributed by atoms with Crippen molar-refractivity contribution in [1.82, 2.24) is 4.90 Å². The molecule has 0 spiro atoms. The Morgan fingerprint density at radius 3 is 2.80 bits per heavy atom. The van der Waals surface area contributed by atoms with Gasteiger partial charge in [0.1, 0.15) is 11.6 Å². The normalized spacial score (nSPS) is 11.1. The molecule has 136 valence electrons. The maximum Gasteiger partial charge on any atom is 0.233 e. The number of nitrogens with zero attached hydrogens (tertiary/aromatic N) is 2. The molecule has 0 aliphatic rings. The Balaban J connectivity index is 0.00000312. The second kappa shape index (κ2) is 10.3. The van der Waals surface area contributed by atoms with Gasteiger partial charge in [-0.1, -0.05) is 29.4 Å². The summed E-state index contributed by atoms with van der Waals surface area (Å²) in [6.07, 6.45) is 1.56. The van der Waals surface area contributed by atoms with Gasteiger partial charge in [-0.2, -0.15) is 0 Å². The summed E-state index contributed by atoms with van der Waals surface area (Å²) in [5.74, 6) is 0.164. The van der Waals surface area contributed by atoms with Crippen LogP contribution in [0.15, 0.2) is 46.0 Å². The molecule has 1 heterocycles. The topological polar surface area (TPSA) is 71.8 Å². The number of amides is 1. The first-order valence-corrected chi connectivity index (χ1v) is 8.45. The molecule has 2 aromatic rings. The van der Waals surface area contributed by atoms with Gasteiger partial charge in [-0.3, -0.25) is 9.79 Å². The van der Waals surface area contributed by atoms with Gasteiger partial charge in [0.05, 0.1) is 18.6 Å². The van der Waals surface area contributed by atoms with Crippen molar-refractivity contribution in [3.05, 3.63) is 58.8 Å². The highest BCUT2D eigenvalue weighted by molar-refractivity contribution is 8.14. The summed E-state index contributed by atoms with van der Waals surface area (Å²) in [5, 5.41) is 0.582. The Morgan fingerprint density at radius 1 is 1.40 bits per heavy atom. The zero-order valence-corrected chi connectivity index (χ0v) is 15.8. The average molecular weight is 406 g/mol. The maximum absolute atomic E-state index is 13.7. The lowest BCUT2D eigenvalue weighted by Gasteiger charge is -2.18. The van der Waals surface area contributed by atoms with E-state index in [1.54, 1.807) is 31.5 Å². The van der Waals surface area contributed by atoms with Gasteiger partial charge in [0.25, 0.3) is 0 Å². The number of furan rings is 1. The summed E-state index contributed by atoms with van der Waals surface area (Å²) in [6, 6.07) is 7.98. The first-order chi connectivity index (χ1) is 11.5. The van der Waals surface area contributed by atoms with Crippen molar-refractivity contribution in [2.45, 2.75) is 13.1 Å². The van der Waals surface area contributed by atoms with E-state index in [0.29, 0.717) is 22.9 Å². The van der Waals surface area contributed by atoms with Crippen LogP contribution in [0.1, 0.15) is 11.3 Å². The van der Waals surface area contributed by atoms with E-state index >= 15 is 0 Å². The van der Waals surface area contributed by atoms with Gasteiger partial charge < -0.3 is 15.1 Å². The minimum Gasteiger partial charge on any atom is -0.467 e. The average Bonchev–Trinajstić information content (AvgIpc) is 3.07. The van der Waals surface area contributed by atoms with Gasteiger partial charge in [0, 0.05) is 24.2 Å². The van der Waals surface area contributed by atoms with Gasteiger partial charge in [-0.25, -0.2) is 4.39 Å². The largest absolute Gasteiger partial charge is 0.467 e. The summed E-state index contributed by atoms with van der Waals surface area (Å²) in [5.41, 5.74) is 6.05. The molecule has 0 bridgehead atoms. The molecule has 1 amide bonds. The van der Waals surface area contributed by atoms with Crippen molar-refractivity contribution < 1.29 is 13.6 Å². The number of halogens is 3. The molecule has 1 aromatic carbocycles. The first-order valence-electron chi connectivity index (χ1n) is 7.09.